The summed E-state index contributed by atoms with van der Waals surface area (Å²) in [6, 6.07) is 7.64. The molecule has 94 valence electrons. The van der Waals surface area contributed by atoms with E-state index in [1.165, 1.54) is 12.1 Å². The van der Waals surface area contributed by atoms with Gasteiger partial charge in [0, 0.05) is 17.5 Å². The molecule has 5 heteroatoms. The van der Waals surface area contributed by atoms with Crippen molar-refractivity contribution >= 4 is 11.6 Å². The Labute approximate surface area is 114 Å². The molecule has 1 heterocycles. The molecular formula is C14H9ClFN3. The standard InChI is InChI=1S/C14H9ClFN3/c15-13-6-12(18-14(19-13)9-1-2-9)10-3-8(7-17)4-11(16)5-10/h3-6,9H,1-2H2. The smallest absolute Gasteiger partial charge is 0.133 e. The molecule has 1 aromatic heterocycles. The van der Waals surface area contributed by atoms with Crippen LogP contribution < -0.4 is 0 Å². The monoisotopic (exact) mass is 273 g/mol. The average Bonchev–Trinajstić information content (AvgIpc) is 3.21. The third-order valence-corrected chi connectivity index (χ3v) is 3.17. The van der Waals surface area contributed by atoms with Crippen LogP contribution in [0.15, 0.2) is 24.3 Å². The topological polar surface area (TPSA) is 49.6 Å². The summed E-state index contributed by atoms with van der Waals surface area (Å²) in [7, 11) is 0. The Morgan fingerprint density at radius 1 is 1.21 bits per heavy atom. The Kier molecular flexibility index (Phi) is 2.92. The van der Waals surface area contributed by atoms with Crippen molar-refractivity contribution in [1.29, 1.82) is 5.26 Å². The van der Waals surface area contributed by atoms with Gasteiger partial charge in [-0.05, 0) is 31.0 Å². The summed E-state index contributed by atoms with van der Waals surface area (Å²) < 4.78 is 13.4. The molecule has 0 N–H and O–H groups in total. The highest BCUT2D eigenvalue weighted by atomic mass is 35.5. The van der Waals surface area contributed by atoms with Crippen LogP contribution in [0.2, 0.25) is 5.15 Å². The fraction of sp³-hybridized carbons (Fsp3) is 0.214. The summed E-state index contributed by atoms with van der Waals surface area (Å²) in [5, 5.41) is 9.21. The molecule has 0 aliphatic heterocycles. The lowest BCUT2D eigenvalue weighted by molar-refractivity contribution is 0.627. The molecule has 0 bridgehead atoms. The zero-order chi connectivity index (χ0) is 13.4. The van der Waals surface area contributed by atoms with Crippen LogP contribution in [0.5, 0.6) is 0 Å². The molecule has 0 saturated heterocycles. The Hall–Kier alpha value is -1.99. The SMILES string of the molecule is N#Cc1cc(F)cc(-c2cc(Cl)nc(C3CC3)n2)c1. The van der Waals surface area contributed by atoms with Gasteiger partial charge in [0.05, 0.1) is 17.3 Å². The summed E-state index contributed by atoms with van der Waals surface area (Å²) >= 11 is 5.98. The predicted molar refractivity (Wildman–Crippen MR) is 69.1 cm³/mol. The summed E-state index contributed by atoms with van der Waals surface area (Å²) in [5.41, 5.74) is 1.36. The van der Waals surface area contributed by atoms with E-state index in [2.05, 4.69) is 9.97 Å². The molecule has 1 aliphatic carbocycles. The fourth-order valence-corrected chi connectivity index (χ4v) is 2.10. The van der Waals surface area contributed by atoms with E-state index in [9.17, 15) is 4.39 Å². The van der Waals surface area contributed by atoms with Crippen LogP contribution >= 0.6 is 11.6 Å². The van der Waals surface area contributed by atoms with Crippen LogP contribution in [0.4, 0.5) is 4.39 Å². The molecule has 0 spiro atoms. The lowest BCUT2D eigenvalue weighted by Gasteiger charge is -2.05. The maximum Gasteiger partial charge on any atom is 0.133 e. The fourth-order valence-electron chi connectivity index (χ4n) is 1.91. The van der Waals surface area contributed by atoms with Gasteiger partial charge in [-0.2, -0.15) is 5.26 Å². The second-order valence-corrected chi connectivity index (χ2v) is 4.94. The lowest BCUT2D eigenvalue weighted by atomic mass is 10.1. The van der Waals surface area contributed by atoms with Crippen LogP contribution in [0, 0.1) is 17.1 Å². The summed E-state index contributed by atoms with van der Waals surface area (Å²) in [5.74, 6) is 0.600. The number of nitriles is 1. The summed E-state index contributed by atoms with van der Waals surface area (Å²) in [4.78, 5) is 8.59. The van der Waals surface area contributed by atoms with Gasteiger partial charge in [0.1, 0.15) is 16.8 Å². The van der Waals surface area contributed by atoms with Crippen molar-refractivity contribution in [2.45, 2.75) is 18.8 Å². The lowest BCUT2D eigenvalue weighted by Crippen LogP contribution is -1.96. The Balaban J connectivity index is 2.11. The number of benzene rings is 1. The number of hydrogen-bond acceptors (Lipinski definition) is 3. The van der Waals surface area contributed by atoms with Gasteiger partial charge in [-0.1, -0.05) is 11.6 Å². The largest absolute Gasteiger partial charge is 0.232 e. The van der Waals surface area contributed by atoms with Gasteiger partial charge in [0.25, 0.3) is 0 Å². The quantitative estimate of drug-likeness (QED) is 0.784. The molecule has 19 heavy (non-hydrogen) atoms. The molecule has 0 atom stereocenters. The van der Waals surface area contributed by atoms with Gasteiger partial charge < -0.3 is 0 Å². The Morgan fingerprint density at radius 3 is 2.68 bits per heavy atom. The van der Waals surface area contributed by atoms with Crippen molar-refractivity contribution in [3.63, 3.8) is 0 Å². The Morgan fingerprint density at radius 2 is 2.00 bits per heavy atom. The van der Waals surface area contributed by atoms with Gasteiger partial charge in [-0.25, -0.2) is 14.4 Å². The first-order valence-corrected chi connectivity index (χ1v) is 6.29. The molecular weight excluding hydrogens is 265 g/mol. The molecule has 1 aliphatic rings. The van der Waals surface area contributed by atoms with Crippen molar-refractivity contribution < 1.29 is 4.39 Å². The zero-order valence-electron chi connectivity index (χ0n) is 9.90. The number of rotatable bonds is 2. The molecule has 3 rings (SSSR count). The first kappa shape index (κ1) is 12.1. The summed E-state index contributed by atoms with van der Waals surface area (Å²) in [6.07, 6.45) is 2.12. The molecule has 1 aromatic carbocycles. The molecule has 2 aromatic rings. The second kappa shape index (κ2) is 4.60. The van der Waals surface area contributed by atoms with E-state index in [0.29, 0.717) is 28.2 Å². The minimum Gasteiger partial charge on any atom is -0.232 e. The number of aromatic nitrogens is 2. The van der Waals surface area contributed by atoms with E-state index >= 15 is 0 Å². The maximum atomic E-state index is 13.4. The number of nitrogens with zero attached hydrogens (tertiary/aromatic N) is 3. The minimum atomic E-state index is -0.461. The van der Waals surface area contributed by atoms with Crippen molar-refractivity contribution in [2.24, 2.45) is 0 Å². The van der Waals surface area contributed by atoms with Crippen molar-refractivity contribution in [2.75, 3.05) is 0 Å². The van der Waals surface area contributed by atoms with E-state index in [1.54, 1.807) is 12.1 Å². The van der Waals surface area contributed by atoms with Crippen molar-refractivity contribution in [1.82, 2.24) is 9.97 Å². The Bertz CT molecular complexity index is 690. The zero-order valence-corrected chi connectivity index (χ0v) is 10.7. The van der Waals surface area contributed by atoms with Gasteiger partial charge in [-0.15, -0.1) is 0 Å². The number of halogens is 2. The molecule has 0 amide bonds. The molecule has 1 saturated carbocycles. The first-order valence-electron chi connectivity index (χ1n) is 5.91. The van der Waals surface area contributed by atoms with E-state index in [-0.39, 0.29) is 5.56 Å². The van der Waals surface area contributed by atoms with E-state index < -0.39 is 5.82 Å². The molecule has 3 nitrogen and oxygen atoms in total. The van der Waals surface area contributed by atoms with Crippen LogP contribution in [-0.2, 0) is 0 Å². The van der Waals surface area contributed by atoms with Crippen molar-refractivity contribution in [3.05, 3.63) is 46.6 Å². The average molecular weight is 274 g/mol. The van der Waals surface area contributed by atoms with Crippen LogP contribution in [-0.4, -0.2) is 9.97 Å². The van der Waals surface area contributed by atoms with Crippen molar-refractivity contribution in [3.8, 4) is 17.3 Å². The van der Waals surface area contributed by atoms with E-state index in [1.807, 2.05) is 6.07 Å². The van der Waals surface area contributed by atoms with Gasteiger partial charge >= 0.3 is 0 Å². The highest BCUT2D eigenvalue weighted by molar-refractivity contribution is 6.29. The molecule has 0 unspecified atom stereocenters. The highest BCUT2D eigenvalue weighted by Gasteiger charge is 2.27. The number of hydrogen-bond donors (Lipinski definition) is 0. The molecule has 1 fully saturated rings. The van der Waals surface area contributed by atoms with Crippen LogP contribution in [0.25, 0.3) is 11.3 Å². The van der Waals surface area contributed by atoms with Crippen LogP contribution in [0.3, 0.4) is 0 Å². The van der Waals surface area contributed by atoms with E-state index in [4.69, 9.17) is 16.9 Å². The summed E-state index contributed by atoms with van der Waals surface area (Å²) in [6.45, 7) is 0. The van der Waals surface area contributed by atoms with Crippen LogP contribution in [0.1, 0.15) is 30.1 Å². The molecule has 0 radical (unpaired) electrons. The third kappa shape index (κ3) is 2.56. The second-order valence-electron chi connectivity index (χ2n) is 4.55. The normalized spacial score (nSPS) is 14.2. The minimum absolute atomic E-state index is 0.262. The first-order chi connectivity index (χ1) is 9.15. The van der Waals surface area contributed by atoms with Gasteiger partial charge in [0.15, 0.2) is 0 Å². The third-order valence-electron chi connectivity index (χ3n) is 2.98. The van der Waals surface area contributed by atoms with Gasteiger partial charge in [0.2, 0.25) is 0 Å². The maximum absolute atomic E-state index is 13.4. The predicted octanol–water partition coefficient (Wildman–Crippen LogP) is 3.69. The van der Waals surface area contributed by atoms with E-state index in [0.717, 1.165) is 12.8 Å². The van der Waals surface area contributed by atoms with Gasteiger partial charge in [-0.3, -0.25) is 0 Å². The highest BCUT2D eigenvalue weighted by Crippen LogP contribution is 2.39.